The number of fused-ring (bicyclic) bond motifs is 1. The van der Waals surface area contributed by atoms with Crippen molar-refractivity contribution in [3.8, 4) is 0 Å². The summed E-state index contributed by atoms with van der Waals surface area (Å²) in [5, 5.41) is 0. The lowest BCUT2D eigenvalue weighted by Crippen LogP contribution is -2.54. The minimum Gasteiger partial charge on any atom is -0.320 e. The van der Waals surface area contributed by atoms with Crippen LogP contribution in [0.15, 0.2) is 49.6 Å². The number of benzene rings is 1. The second-order valence-electron chi connectivity index (χ2n) is 5.70. The zero-order valence-corrected chi connectivity index (χ0v) is 12.5. The summed E-state index contributed by atoms with van der Waals surface area (Å²) in [4.78, 5) is 2.40. The fraction of sp³-hybridized carbons (Fsp3) is 0.444. The molecule has 0 bridgehead atoms. The molecule has 1 aliphatic carbocycles. The molecule has 1 aromatic carbocycles. The average Bonchev–Trinajstić information content (AvgIpc) is 2.73. The maximum absolute atomic E-state index is 6.88. The Kier molecular flexibility index (Phi) is 4.79. The van der Waals surface area contributed by atoms with Crippen molar-refractivity contribution in [3.05, 3.63) is 60.7 Å². The highest BCUT2D eigenvalue weighted by atomic mass is 15.2. The Labute approximate surface area is 123 Å². The fourth-order valence-corrected chi connectivity index (χ4v) is 3.55. The van der Waals surface area contributed by atoms with Crippen molar-refractivity contribution in [2.75, 3.05) is 13.1 Å². The van der Waals surface area contributed by atoms with Crippen LogP contribution in [0, 0.1) is 0 Å². The molecule has 0 fully saturated rings. The van der Waals surface area contributed by atoms with Crippen LogP contribution in [0.3, 0.4) is 0 Å². The molecule has 2 rings (SSSR count). The van der Waals surface area contributed by atoms with Crippen molar-refractivity contribution in [1.82, 2.24) is 4.90 Å². The lowest BCUT2D eigenvalue weighted by molar-refractivity contribution is 0.150. The van der Waals surface area contributed by atoms with Crippen LogP contribution < -0.4 is 5.73 Å². The van der Waals surface area contributed by atoms with E-state index in [0.717, 1.165) is 32.4 Å². The molecule has 0 spiro atoms. The van der Waals surface area contributed by atoms with E-state index in [1.165, 1.54) is 11.1 Å². The highest BCUT2D eigenvalue weighted by molar-refractivity contribution is 5.41. The Morgan fingerprint density at radius 2 is 1.95 bits per heavy atom. The largest absolute Gasteiger partial charge is 0.320 e. The Balaban J connectivity index is 2.38. The van der Waals surface area contributed by atoms with Crippen LogP contribution in [0.1, 0.15) is 30.9 Å². The maximum Gasteiger partial charge on any atom is 0.0573 e. The lowest BCUT2D eigenvalue weighted by atomic mass is 9.84. The molecule has 0 saturated heterocycles. The molecule has 2 nitrogen and oxygen atoms in total. The fourth-order valence-electron chi connectivity index (χ4n) is 3.55. The van der Waals surface area contributed by atoms with E-state index in [9.17, 15) is 0 Å². The average molecular weight is 270 g/mol. The summed E-state index contributed by atoms with van der Waals surface area (Å²) >= 11 is 0. The van der Waals surface area contributed by atoms with E-state index in [1.807, 2.05) is 12.2 Å². The molecular weight excluding hydrogens is 244 g/mol. The quantitative estimate of drug-likeness (QED) is 0.771. The summed E-state index contributed by atoms with van der Waals surface area (Å²) in [6.07, 6.45) is 7.04. The van der Waals surface area contributed by atoms with Gasteiger partial charge in [0.15, 0.2) is 0 Å². The molecule has 2 atom stereocenters. The van der Waals surface area contributed by atoms with Gasteiger partial charge in [-0.1, -0.05) is 49.8 Å². The Morgan fingerprint density at radius 3 is 2.55 bits per heavy atom. The first kappa shape index (κ1) is 15.0. The van der Waals surface area contributed by atoms with Gasteiger partial charge in [-0.25, -0.2) is 0 Å². The van der Waals surface area contributed by atoms with Crippen LogP contribution in [0.25, 0.3) is 0 Å². The zero-order chi connectivity index (χ0) is 14.6. The first-order chi connectivity index (χ1) is 9.67. The van der Waals surface area contributed by atoms with Gasteiger partial charge in [-0.3, -0.25) is 4.90 Å². The van der Waals surface area contributed by atoms with E-state index in [0.29, 0.717) is 6.04 Å². The predicted octanol–water partition coefficient (Wildman–Crippen LogP) is 3.24. The first-order valence-corrected chi connectivity index (χ1v) is 7.50. The number of hydrogen-bond donors (Lipinski definition) is 1. The SMILES string of the molecule is C=CCN(CC=C)C1Cc2ccccc2C1(N)CCC. The molecule has 2 heteroatoms. The number of nitrogens with two attached hydrogens (primary N) is 1. The normalized spacial score (nSPS) is 24.6. The van der Waals surface area contributed by atoms with E-state index >= 15 is 0 Å². The van der Waals surface area contributed by atoms with Crippen LogP contribution >= 0.6 is 0 Å². The molecule has 108 valence electrons. The van der Waals surface area contributed by atoms with E-state index in [4.69, 9.17) is 5.73 Å². The van der Waals surface area contributed by atoms with Crippen molar-refractivity contribution < 1.29 is 0 Å². The van der Waals surface area contributed by atoms with Gasteiger partial charge >= 0.3 is 0 Å². The topological polar surface area (TPSA) is 29.3 Å². The summed E-state index contributed by atoms with van der Waals surface area (Å²) in [5.74, 6) is 0. The third kappa shape index (κ3) is 2.58. The minimum atomic E-state index is -0.253. The monoisotopic (exact) mass is 270 g/mol. The summed E-state index contributed by atoms with van der Waals surface area (Å²) in [6.45, 7) is 11.7. The van der Waals surface area contributed by atoms with Crippen LogP contribution in [0.2, 0.25) is 0 Å². The number of hydrogen-bond acceptors (Lipinski definition) is 2. The predicted molar refractivity (Wildman–Crippen MR) is 86.7 cm³/mol. The van der Waals surface area contributed by atoms with Gasteiger partial charge in [-0.05, 0) is 24.0 Å². The maximum atomic E-state index is 6.88. The Bertz CT molecular complexity index is 470. The van der Waals surface area contributed by atoms with E-state index in [1.54, 1.807) is 0 Å². The van der Waals surface area contributed by atoms with E-state index in [2.05, 4.69) is 49.2 Å². The molecule has 0 aromatic heterocycles. The van der Waals surface area contributed by atoms with Gasteiger partial charge in [0.2, 0.25) is 0 Å². The molecule has 20 heavy (non-hydrogen) atoms. The van der Waals surface area contributed by atoms with Crippen LogP contribution in [0.4, 0.5) is 0 Å². The zero-order valence-electron chi connectivity index (χ0n) is 12.5. The van der Waals surface area contributed by atoms with Gasteiger partial charge in [-0.2, -0.15) is 0 Å². The molecular formula is C18H26N2. The molecule has 1 aromatic rings. The third-order valence-electron chi connectivity index (χ3n) is 4.36. The summed E-state index contributed by atoms with van der Waals surface area (Å²) in [5.41, 5.74) is 9.34. The van der Waals surface area contributed by atoms with Gasteiger partial charge < -0.3 is 5.73 Å². The molecule has 0 amide bonds. The molecule has 0 saturated carbocycles. The van der Waals surface area contributed by atoms with Crippen molar-refractivity contribution in [2.24, 2.45) is 5.73 Å². The highest BCUT2D eigenvalue weighted by Gasteiger charge is 2.45. The van der Waals surface area contributed by atoms with Crippen molar-refractivity contribution in [3.63, 3.8) is 0 Å². The summed E-state index contributed by atoms with van der Waals surface area (Å²) in [7, 11) is 0. The van der Waals surface area contributed by atoms with Gasteiger partial charge in [0.1, 0.15) is 0 Å². The molecule has 2 N–H and O–H groups in total. The molecule has 2 unspecified atom stereocenters. The summed E-state index contributed by atoms with van der Waals surface area (Å²) < 4.78 is 0. The second-order valence-corrected chi connectivity index (χ2v) is 5.70. The van der Waals surface area contributed by atoms with Crippen molar-refractivity contribution in [1.29, 1.82) is 0 Å². The van der Waals surface area contributed by atoms with Gasteiger partial charge in [0.05, 0.1) is 5.54 Å². The van der Waals surface area contributed by atoms with Crippen molar-refractivity contribution in [2.45, 2.75) is 37.8 Å². The van der Waals surface area contributed by atoms with E-state index < -0.39 is 0 Å². The third-order valence-corrected chi connectivity index (χ3v) is 4.36. The van der Waals surface area contributed by atoms with Gasteiger partial charge in [0.25, 0.3) is 0 Å². The molecule has 1 aliphatic rings. The second kappa shape index (κ2) is 6.38. The Morgan fingerprint density at radius 1 is 1.30 bits per heavy atom. The van der Waals surface area contributed by atoms with Crippen LogP contribution in [-0.2, 0) is 12.0 Å². The smallest absolute Gasteiger partial charge is 0.0573 e. The molecule has 0 radical (unpaired) electrons. The standard InChI is InChI=1S/C18H26N2/c1-4-11-18(19)16-10-8-7-9-15(16)14-17(18)20(12-5-2)13-6-3/h5-10,17H,2-4,11-14,19H2,1H3. The van der Waals surface area contributed by atoms with Crippen LogP contribution in [0.5, 0.6) is 0 Å². The number of nitrogens with zero attached hydrogens (tertiary/aromatic N) is 1. The number of rotatable bonds is 7. The highest BCUT2D eigenvalue weighted by Crippen LogP contribution is 2.40. The molecule has 0 aliphatic heterocycles. The Hall–Kier alpha value is -1.38. The van der Waals surface area contributed by atoms with Gasteiger partial charge in [-0.15, -0.1) is 13.2 Å². The lowest BCUT2D eigenvalue weighted by Gasteiger charge is -2.39. The van der Waals surface area contributed by atoms with Crippen molar-refractivity contribution >= 4 is 0 Å². The summed E-state index contributed by atoms with van der Waals surface area (Å²) in [6, 6.07) is 8.95. The van der Waals surface area contributed by atoms with Crippen LogP contribution in [-0.4, -0.2) is 24.0 Å². The minimum absolute atomic E-state index is 0.253. The van der Waals surface area contributed by atoms with E-state index in [-0.39, 0.29) is 5.54 Å². The first-order valence-electron chi connectivity index (χ1n) is 7.50. The molecule has 0 heterocycles. The van der Waals surface area contributed by atoms with Gasteiger partial charge in [0, 0.05) is 19.1 Å².